The highest BCUT2D eigenvalue weighted by Crippen LogP contribution is 2.43. The number of hydrogen-bond acceptors (Lipinski definition) is 5. The lowest BCUT2D eigenvalue weighted by Gasteiger charge is -2.36. The Morgan fingerprint density at radius 3 is 2.38 bits per heavy atom. The van der Waals surface area contributed by atoms with Crippen molar-refractivity contribution in [2.45, 2.75) is 38.4 Å². The molecule has 6 heteroatoms. The average Bonchev–Trinajstić information content (AvgIpc) is 2.71. The van der Waals surface area contributed by atoms with Crippen LogP contribution in [-0.2, 0) is 9.53 Å². The van der Waals surface area contributed by atoms with Gasteiger partial charge in [-0.25, -0.2) is 0 Å². The highest BCUT2D eigenvalue weighted by molar-refractivity contribution is 5.78. The van der Waals surface area contributed by atoms with Crippen molar-refractivity contribution >= 4 is 5.91 Å². The summed E-state index contributed by atoms with van der Waals surface area (Å²) < 4.78 is 16.6. The number of aromatic hydroxyl groups is 1. The molecule has 0 aromatic heterocycles. The minimum Gasteiger partial charge on any atom is -0.507 e. The summed E-state index contributed by atoms with van der Waals surface area (Å²) in [5, 5.41) is 10.8. The maximum absolute atomic E-state index is 13.2. The minimum absolute atomic E-state index is 0.00167. The number of carbonyl (C=O) groups excluding carboxylic acids is 1. The average molecular weight is 399 g/mol. The summed E-state index contributed by atoms with van der Waals surface area (Å²) in [5.74, 6) is 0.715. The number of phenolic OH excluding ortho intramolecular Hbond substituents is 1. The fourth-order valence-corrected chi connectivity index (χ4v) is 3.98. The zero-order valence-electron chi connectivity index (χ0n) is 17.4. The van der Waals surface area contributed by atoms with Crippen molar-refractivity contribution in [2.24, 2.45) is 0 Å². The highest BCUT2D eigenvalue weighted by atomic mass is 16.5. The molecule has 0 aliphatic carbocycles. The number of methoxy groups -OCH3 is 2. The fourth-order valence-electron chi connectivity index (χ4n) is 3.98. The first-order valence-electron chi connectivity index (χ1n) is 9.86. The van der Waals surface area contributed by atoms with Crippen LogP contribution in [-0.4, -0.2) is 55.4 Å². The molecule has 156 valence electrons. The number of carbonyl (C=O) groups is 1. The molecular weight excluding hydrogens is 370 g/mol. The van der Waals surface area contributed by atoms with Crippen LogP contribution in [0.25, 0.3) is 0 Å². The van der Waals surface area contributed by atoms with Crippen LogP contribution < -0.4 is 9.47 Å². The summed E-state index contributed by atoms with van der Waals surface area (Å²) in [6.07, 6.45) is 0.225. The number of hydrogen-bond donors (Lipinski definition) is 1. The monoisotopic (exact) mass is 399 g/mol. The minimum atomic E-state index is -0.349. The van der Waals surface area contributed by atoms with Crippen molar-refractivity contribution in [3.05, 3.63) is 53.6 Å². The zero-order valence-corrected chi connectivity index (χ0v) is 17.4. The standard InChI is InChI=1S/C23H29NO5/c1-15-13-24(14-16(2)29-15)22(26)12-19(17-8-6-5-7-9-17)23-20(25)10-18(27-3)11-21(23)28-4/h5-11,15-16,19,25H,12-14H2,1-4H3. The van der Waals surface area contributed by atoms with Gasteiger partial charge in [-0.2, -0.15) is 0 Å². The first-order valence-corrected chi connectivity index (χ1v) is 9.86. The van der Waals surface area contributed by atoms with Crippen LogP contribution in [0.3, 0.4) is 0 Å². The normalized spacial score (nSPS) is 20.2. The Morgan fingerprint density at radius 2 is 1.79 bits per heavy atom. The molecule has 0 saturated carbocycles. The lowest BCUT2D eigenvalue weighted by atomic mass is 9.86. The number of phenols is 1. The molecule has 3 atom stereocenters. The molecule has 0 bridgehead atoms. The Bertz CT molecular complexity index is 829. The van der Waals surface area contributed by atoms with E-state index in [1.807, 2.05) is 49.1 Å². The van der Waals surface area contributed by atoms with Crippen LogP contribution in [0.1, 0.15) is 37.3 Å². The molecule has 0 radical (unpaired) electrons. The molecular formula is C23H29NO5. The van der Waals surface area contributed by atoms with Gasteiger partial charge in [-0.3, -0.25) is 4.79 Å². The smallest absolute Gasteiger partial charge is 0.223 e. The highest BCUT2D eigenvalue weighted by Gasteiger charge is 2.31. The van der Waals surface area contributed by atoms with E-state index in [1.54, 1.807) is 19.2 Å². The fraction of sp³-hybridized carbons (Fsp3) is 0.435. The molecule has 1 aliphatic heterocycles. The first kappa shape index (κ1) is 21.0. The third-order valence-corrected chi connectivity index (χ3v) is 5.25. The van der Waals surface area contributed by atoms with E-state index in [4.69, 9.17) is 14.2 Å². The van der Waals surface area contributed by atoms with Gasteiger partial charge in [0.05, 0.1) is 26.4 Å². The summed E-state index contributed by atoms with van der Waals surface area (Å²) in [6.45, 7) is 5.08. The number of nitrogens with zero attached hydrogens (tertiary/aromatic N) is 1. The molecule has 1 heterocycles. The zero-order chi connectivity index (χ0) is 21.0. The van der Waals surface area contributed by atoms with Crippen LogP contribution in [0.15, 0.2) is 42.5 Å². The summed E-state index contributed by atoms with van der Waals surface area (Å²) in [6, 6.07) is 13.0. The molecule has 2 aromatic rings. The Morgan fingerprint density at radius 1 is 1.14 bits per heavy atom. The number of morpholine rings is 1. The van der Waals surface area contributed by atoms with Crippen molar-refractivity contribution in [2.75, 3.05) is 27.3 Å². The predicted octanol–water partition coefficient (Wildman–Crippen LogP) is 3.57. The van der Waals surface area contributed by atoms with E-state index in [0.717, 1.165) is 5.56 Å². The second kappa shape index (κ2) is 9.18. The topological polar surface area (TPSA) is 68.2 Å². The predicted molar refractivity (Wildman–Crippen MR) is 111 cm³/mol. The van der Waals surface area contributed by atoms with E-state index in [9.17, 15) is 9.90 Å². The van der Waals surface area contributed by atoms with Gasteiger partial charge in [0.15, 0.2) is 0 Å². The van der Waals surface area contributed by atoms with Gasteiger partial charge in [0.25, 0.3) is 0 Å². The molecule has 1 amide bonds. The second-order valence-corrected chi connectivity index (χ2v) is 7.49. The number of rotatable bonds is 6. The SMILES string of the molecule is COc1cc(O)c(C(CC(=O)N2CC(C)OC(C)C2)c2ccccc2)c(OC)c1. The molecule has 1 saturated heterocycles. The van der Waals surface area contributed by atoms with Crippen LogP contribution in [0.4, 0.5) is 0 Å². The summed E-state index contributed by atoms with van der Waals surface area (Å²) in [5.41, 5.74) is 1.52. The third-order valence-electron chi connectivity index (χ3n) is 5.25. The lowest BCUT2D eigenvalue weighted by molar-refractivity contribution is -0.143. The second-order valence-electron chi connectivity index (χ2n) is 7.49. The van der Waals surface area contributed by atoms with Crippen molar-refractivity contribution < 1.29 is 24.1 Å². The van der Waals surface area contributed by atoms with Gasteiger partial charge in [-0.1, -0.05) is 30.3 Å². The molecule has 1 fully saturated rings. The maximum Gasteiger partial charge on any atom is 0.223 e. The summed E-state index contributed by atoms with van der Waals surface area (Å²) in [7, 11) is 3.08. The van der Waals surface area contributed by atoms with E-state index in [1.165, 1.54) is 7.11 Å². The van der Waals surface area contributed by atoms with Crippen LogP contribution >= 0.6 is 0 Å². The van der Waals surface area contributed by atoms with Gasteiger partial charge >= 0.3 is 0 Å². The number of amides is 1. The van der Waals surface area contributed by atoms with Crippen LogP contribution in [0.5, 0.6) is 17.2 Å². The van der Waals surface area contributed by atoms with Gasteiger partial charge < -0.3 is 24.2 Å². The van der Waals surface area contributed by atoms with E-state index >= 15 is 0 Å². The Kier molecular flexibility index (Phi) is 6.64. The van der Waals surface area contributed by atoms with Crippen molar-refractivity contribution in [1.82, 2.24) is 4.90 Å². The van der Waals surface area contributed by atoms with E-state index < -0.39 is 0 Å². The Balaban J connectivity index is 1.98. The molecule has 1 N–H and O–H groups in total. The lowest BCUT2D eigenvalue weighted by Crippen LogP contribution is -2.48. The Hall–Kier alpha value is -2.73. The van der Waals surface area contributed by atoms with Gasteiger partial charge in [-0.15, -0.1) is 0 Å². The summed E-state index contributed by atoms with van der Waals surface area (Å²) in [4.78, 5) is 15.1. The quantitative estimate of drug-likeness (QED) is 0.804. The molecule has 2 aromatic carbocycles. The molecule has 3 rings (SSSR count). The summed E-state index contributed by atoms with van der Waals surface area (Å²) >= 11 is 0. The third kappa shape index (κ3) is 4.82. The van der Waals surface area contributed by atoms with E-state index in [2.05, 4.69) is 0 Å². The molecule has 6 nitrogen and oxygen atoms in total. The van der Waals surface area contributed by atoms with Crippen LogP contribution in [0.2, 0.25) is 0 Å². The Labute approximate surface area is 172 Å². The van der Waals surface area contributed by atoms with Gasteiger partial charge in [0, 0.05) is 43.1 Å². The molecule has 0 spiro atoms. The van der Waals surface area contributed by atoms with E-state index in [-0.39, 0.29) is 36.2 Å². The van der Waals surface area contributed by atoms with Gasteiger partial charge in [0.1, 0.15) is 17.2 Å². The van der Waals surface area contributed by atoms with Crippen molar-refractivity contribution in [3.63, 3.8) is 0 Å². The van der Waals surface area contributed by atoms with E-state index in [0.29, 0.717) is 30.2 Å². The van der Waals surface area contributed by atoms with Crippen molar-refractivity contribution in [3.8, 4) is 17.2 Å². The largest absolute Gasteiger partial charge is 0.507 e. The van der Waals surface area contributed by atoms with Crippen LogP contribution in [0, 0.1) is 0 Å². The van der Waals surface area contributed by atoms with Gasteiger partial charge in [0.2, 0.25) is 5.91 Å². The van der Waals surface area contributed by atoms with Gasteiger partial charge in [-0.05, 0) is 19.4 Å². The number of ether oxygens (including phenoxy) is 3. The van der Waals surface area contributed by atoms with Crippen molar-refractivity contribution in [1.29, 1.82) is 0 Å². The molecule has 29 heavy (non-hydrogen) atoms. The number of benzene rings is 2. The maximum atomic E-state index is 13.2. The molecule has 1 aliphatic rings. The molecule has 3 unspecified atom stereocenters. The first-order chi connectivity index (χ1) is 13.9.